The van der Waals surface area contributed by atoms with E-state index in [2.05, 4.69) is 16.9 Å². The Bertz CT molecular complexity index is 496. The molecule has 0 spiro atoms. The fraction of sp³-hybridized carbons (Fsp3) is 0.588. The van der Waals surface area contributed by atoms with Gasteiger partial charge in [0.15, 0.2) is 0 Å². The third-order valence-electron chi connectivity index (χ3n) is 4.46. The third kappa shape index (κ3) is 3.94. The standard InChI is InChI=1S/C17H26N2OS/c1-13-7-8-15(18-2)14(11-13)16(20)19-12-17(21-3)9-5-4-6-10-17/h7-8,11,18H,4-6,9-10,12H2,1-3H3,(H,19,20). The molecule has 21 heavy (non-hydrogen) atoms. The van der Waals surface area contributed by atoms with E-state index in [-0.39, 0.29) is 10.7 Å². The summed E-state index contributed by atoms with van der Waals surface area (Å²) in [6.45, 7) is 2.78. The van der Waals surface area contributed by atoms with Gasteiger partial charge in [-0.2, -0.15) is 11.8 Å². The van der Waals surface area contributed by atoms with Crippen LogP contribution >= 0.6 is 11.8 Å². The van der Waals surface area contributed by atoms with Gasteiger partial charge in [0.25, 0.3) is 5.91 Å². The fourth-order valence-corrected chi connectivity index (χ4v) is 3.96. The van der Waals surface area contributed by atoms with E-state index in [1.54, 1.807) is 0 Å². The minimum absolute atomic E-state index is 0.0297. The van der Waals surface area contributed by atoms with Gasteiger partial charge in [0.1, 0.15) is 0 Å². The summed E-state index contributed by atoms with van der Waals surface area (Å²) < 4.78 is 0.234. The first-order valence-corrected chi connectivity index (χ1v) is 8.94. The first kappa shape index (κ1) is 16.2. The lowest BCUT2D eigenvalue weighted by Crippen LogP contribution is -2.41. The number of carbonyl (C=O) groups excluding carboxylic acids is 1. The highest BCUT2D eigenvalue weighted by Crippen LogP contribution is 2.38. The third-order valence-corrected chi connectivity index (χ3v) is 5.88. The lowest BCUT2D eigenvalue weighted by atomic mass is 9.88. The van der Waals surface area contributed by atoms with Gasteiger partial charge in [-0.25, -0.2) is 0 Å². The molecule has 3 nitrogen and oxygen atoms in total. The molecule has 0 saturated heterocycles. The summed E-state index contributed by atoms with van der Waals surface area (Å²) in [5.41, 5.74) is 2.74. The Hall–Kier alpha value is -1.16. The van der Waals surface area contributed by atoms with Crippen molar-refractivity contribution in [1.29, 1.82) is 0 Å². The molecule has 1 aromatic carbocycles. The van der Waals surface area contributed by atoms with Crippen molar-refractivity contribution in [1.82, 2.24) is 5.32 Å². The molecule has 0 bridgehead atoms. The summed E-state index contributed by atoms with van der Waals surface area (Å²) in [5, 5.41) is 6.26. The molecule has 0 aromatic heterocycles. The first-order chi connectivity index (χ1) is 10.1. The highest BCUT2D eigenvalue weighted by atomic mass is 32.2. The molecule has 2 N–H and O–H groups in total. The zero-order chi connectivity index (χ0) is 15.3. The fourth-order valence-electron chi connectivity index (χ4n) is 3.05. The lowest BCUT2D eigenvalue weighted by Gasteiger charge is -2.35. The van der Waals surface area contributed by atoms with Crippen LogP contribution in [0.25, 0.3) is 0 Å². The number of benzene rings is 1. The number of aryl methyl sites for hydroxylation is 1. The monoisotopic (exact) mass is 306 g/mol. The van der Waals surface area contributed by atoms with E-state index < -0.39 is 0 Å². The van der Waals surface area contributed by atoms with Crippen molar-refractivity contribution in [2.75, 3.05) is 25.2 Å². The Kier molecular flexibility index (Phi) is 5.57. The molecule has 0 atom stereocenters. The normalized spacial score (nSPS) is 17.3. The van der Waals surface area contributed by atoms with Gasteiger partial charge in [-0.15, -0.1) is 0 Å². The van der Waals surface area contributed by atoms with Gasteiger partial charge in [0.2, 0.25) is 0 Å². The quantitative estimate of drug-likeness (QED) is 0.868. The molecule has 1 aliphatic carbocycles. The maximum Gasteiger partial charge on any atom is 0.253 e. The summed E-state index contributed by atoms with van der Waals surface area (Å²) in [6.07, 6.45) is 8.48. The van der Waals surface area contributed by atoms with Crippen molar-refractivity contribution in [2.45, 2.75) is 43.8 Å². The van der Waals surface area contributed by atoms with E-state index in [1.165, 1.54) is 32.1 Å². The summed E-state index contributed by atoms with van der Waals surface area (Å²) in [7, 11) is 1.85. The van der Waals surface area contributed by atoms with Gasteiger partial charge >= 0.3 is 0 Å². The Balaban J connectivity index is 2.06. The number of hydrogen-bond acceptors (Lipinski definition) is 3. The largest absolute Gasteiger partial charge is 0.387 e. The number of nitrogens with one attached hydrogen (secondary N) is 2. The Morgan fingerprint density at radius 1 is 1.29 bits per heavy atom. The number of carbonyl (C=O) groups is 1. The number of hydrogen-bond donors (Lipinski definition) is 2. The maximum atomic E-state index is 12.5. The van der Waals surface area contributed by atoms with Crippen LogP contribution in [0.5, 0.6) is 0 Å². The van der Waals surface area contributed by atoms with E-state index in [4.69, 9.17) is 0 Å². The van der Waals surface area contributed by atoms with Crippen LogP contribution in [0.3, 0.4) is 0 Å². The Morgan fingerprint density at radius 2 is 2.00 bits per heavy atom. The van der Waals surface area contributed by atoms with Crippen molar-refractivity contribution in [3.05, 3.63) is 29.3 Å². The molecule has 0 unspecified atom stereocenters. The van der Waals surface area contributed by atoms with Crippen molar-refractivity contribution in [3.8, 4) is 0 Å². The molecule has 0 heterocycles. The zero-order valence-corrected chi connectivity index (χ0v) is 14.1. The van der Waals surface area contributed by atoms with Crippen LogP contribution in [0.15, 0.2) is 18.2 Å². The van der Waals surface area contributed by atoms with E-state index in [9.17, 15) is 4.79 Å². The minimum atomic E-state index is 0.0297. The predicted molar refractivity (Wildman–Crippen MR) is 92.4 cm³/mol. The second kappa shape index (κ2) is 7.21. The molecule has 1 fully saturated rings. The first-order valence-electron chi connectivity index (χ1n) is 7.72. The van der Waals surface area contributed by atoms with Crippen molar-refractivity contribution >= 4 is 23.4 Å². The SMILES string of the molecule is CNc1ccc(C)cc1C(=O)NCC1(SC)CCCCC1. The van der Waals surface area contributed by atoms with Crippen molar-refractivity contribution < 1.29 is 4.79 Å². The van der Waals surface area contributed by atoms with E-state index in [0.29, 0.717) is 0 Å². The van der Waals surface area contributed by atoms with Gasteiger partial charge in [-0.05, 0) is 38.2 Å². The minimum Gasteiger partial charge on any atom is -0.387 e. The summed E-state index contributed by atoms with van der Waals surface area (Å²) in [4.78, 5) is 12.5. The maximum absolute atomic E-state index is 12.5. The molecule has 116 valence electrons. The Morgan fingerprint density at radius 3 is 2.62 bits per heavy atom. The Labute approximate surface area is 132 Å². The molecular weight excluding hydrogens is 280 g/mol. The molecule has 1 amide bonds. The number of thioether (sulfide) groups is 1. The van der Waals surface area contributed by atoms with Gasteiger partial charge in [-0.1, -0.05) is 30.9 Å². The molecule has 1 aliphatic rings. The summed E-state index contributed by atoms with van der Waals surface area (Å²) in [5.74, 6) is 0.0297. The number of rotatable bonds is 5. The van der Waals surface area contributed by atoms with Crippen LogP contribution in [0.4, 0.5) is 5.69 Å². The van der Waals surface area contributed by atoms with E-state index in [1.807, 2.05) is 43.9 Å². The average Bonchev–Trinajstić information content (AvgIpc) is 2.53. The van der Waals surface area contributed by atoms with E-state index >= 15 is 0 Å². The van der Waals surface area contributed by atoms with Gasteiger partial charge < -0.3 is 10.6 Å². The predicted octanol–water partition coefficient (Wildman–Crippen LogP) is 3.83. The topological polar surface area (TPSA) is 41.1 Å². The average molecular weight is 306 g/mol. The number of anilines is 1. The van der Waals surface area contributed by atoms with Crippen molar-refractivity contribution in [3.63, 3.8) is 0 Å². The number of amides is 1. The van der Waals surface area contributed by atoms with Crippen LogP contribution in [-0.2, 0) is 0 Å². The highest BCUT2D eigenvalue weighted by Gasteiger charge is 2.31. The smallest absolute Gasteiger partial charge is 0.253 e. The molecule has 4 heteroatoms. The van der Waals surface area contributed by atoms with Gasteiger partial charge in [-0.3, -0.25) is 4.79 Å². The summed E-state index contributed by atoms with van der Waals surface area (Å²) in [6, 6.07) is 5.94. The van der Waals surface area contributed by atoms with Crippen LogP contribution < -0.4 is 10.6 Å². The molecular formula is C17H26N2OS. The van der Waals surface area contributed by atoms with Crippen molar-refractivity contribution in [2.24, 2.45) is 0 Å². The molecule has 0 radical (unpaired) electrons. The zero-order valence-electron chi connectivity index (χ0n) is 13.3. The van der Waals surface area contributed by atoms with E-state index in [0.717, 1.165) is 23.4 Å². The molecule has 1 saturated carbocycles. The molecule has 0 aliphatic heterocycles. The second-order valence-electron chi connectivity index (χ2n) is 5.93. The summed E-state index contributed by atoms with van der Waals surface area (Å²) >= 11 is 1.91. The van der Waals surface area contributed by atoms with Crippen LogP contribution in [0, 0.1) is 6.92 Å². The van der Waals surface area contributed by atoms with Crippen LogP contribution in [0.2, 0.25) is 0 Å². The highest BCUT2D eigenvalue weighted by molar-refractivity contribution is 8.00. The molecule has 1 aromatic rings. The van der Waals surface area contributed by atoms with Crippen LogP contribution in [0.1, 0.15) is 48.0 Å². The van der Waals surface area contributed by atoms with Gasteiger partial charge in [0.05, 0.1) is 5.56 Å². The lowest BCUT2D eigenvalue weighted by molar-refractivity contribution is 0.0947. The van der Waals surface area contributed by atoms with Gasteiger partial charge in [0, 0.05) is 24.0 Å². The van der Waals surface area contributed by atoms with Crippen LogP contribution in [-0.4, -0.2) is 30.5 Å². The second-order valence-corrected chi connectivity index (χ2v) is 7.20. The molecule has 2 rings (SSSR count).